The van der Waals surface area contributed by atoms with Crippen molar-refractivity contribution in [1.29, 1.82) is 0 Å². The van der Waals surface area contributed by atoms with E-state index in [1.54, 1.807) is 26.0 Å². The lowest BCUT2D eigenvalue weighted by Crippen LogP contribution is -2.28. The molecule has 0 radical (unpaired) electrons. The van der Waals surface area contributed by atoms with Gasteiger partial charge in [-0.25, -0.2) is 0 Å². The van der Waals surface area contributed by atoms with E-state index in [0.29, 0.717) is 17.2 Å². The van der Waals surface area contributed by atoms with Crippen LogP contribution in [-0.4, -0.2) is 16.2 Å². The first-order valence-corrected chi connectivity index (χ1v) is 6.52. The molecule has 4 heteroatoms. The van der Waals surface area contributed by atoms with Gasteiger partial charge in [-0.2, -0.15) is 0 Å². The second kappa shape index (κ2) is 5.04. The number of rotatable bonds is 3. The Morgan fingerprint density at radius 1 is 1.15 bits per heavy atom. The van der Waals surface area contributed by atoms with E-state index in [9.17, 15) is 15.0 Å². The van der Waals surface area contributed by atoms with Crippen molar-refractivity contribution in [1.82, 2.24) is 0 Å². The lowest BCUT2D eigenvalue weighted by molar-refractivity contribution is -0.144. The molecule has 0 aliphatic rings. The van der Waals surface area contributed by atoms with Crippen LogP contribution in [0, 0.1) is 5.41 Å². The topological polar surface area (TPSA) is 66.8 Å². The van der Waals surface area contributed by atoms with Crippen LogP contribution in [0.4, 0.5) is 0 Å². The average molecular weight is 274 g/mol. The van der Waals surface area contributed by atoms with Gasteiger partial charge >= 0.3 is 5.97 Å². The van der Waals surface area contributed by atoms with Crippen LogP contribution in [0.5, 0.6) is 17.2 Å². The molecule has 0 atom stereocenters. The van der Waals surface area contributed by atoms with Gasteiger partial charge in [0.25, 0.3) is 0 Å². The highest BCUT2D eigenvalue weighted by Crippen LogP contribution is 2.39. The summed E-state index contributed by atoms with van der Waals surface area (Å²) in [5, 5.41) is 20.5. The van der Waals surface area contributed by atoms with E-state index in [1.807, 2.05) is 6.92 Å². The number of aromatic hydroxyl groups is 2. The summed E-state index contributed by atoms with van der Waals surface area (Å²) in [4.78, 5) is 12.1. The molecule has 0 unspecified atom stereocenters. The summed E-state index contributed by atoms with van der Waals surface area (Å²) in [5.41, 5.74) is -0.603. The molecule has 0 saturated carbocycles. The molecule has 2 N–H and O–H groups in total. The lowest BCUT2D eigenvalue weighted by atomic mass is 9.90. The smallest absolute Gasteiger partial charge is 0.316 e. The number of hydrogen-bond donors (Lipinski definition) is 2. The molecule has 2 aromatic rings. The van der Waals surface area contributed by atoms with Crippen LogP contribution < -0.4 is 4.74 Å². The van der Waals surface area contributed by atoms with Crippen LogP contribution in [-0.2, 0) is 4.79 Å². The fourth-order valence-corrected chi connectivity index (χ4v) is 1.81. The fourth-order valence-electron chi connectivity index (χ4n) is 1.81. The van der Waals surface area contributed by atoms with Crippen molar-refractivity contribution in [3.63, 3.8) is 0 Å². The van der Waals surface area contributed by atoms with Crippen molar-refractivity contribution in [3.05, 3.63) is 30.3 Å². The standard InChI is InChI=1S/C16H18O4/c1-4-16(2,3)15(19)20-13-9-8-11(17)10-6-5-7-12(18)14(10)13/h5-9,17-18H,4H2,1-3H3. The zero-order valence-electron chi connectivity index (χ0n) is 11.8. The Morgan fingerprint density at radius 2 is 1.85 bits per heavy atom. The van der Waals surface area contributed by atoms with Gasteiger partial charge in [0.1, 0.15) is 17.2 Å². The summed E-state index contributed by atoms with van der Waals surface area (Å²) in [6.45, 7) is 5.52. The summed E-state index contributed by atoms with van der Waals surface area (Å²) in [6.07, 6.45) is 0.647. The van der Waals surface area contributed by atoms with Gasteiger partial charge in [0.05, 0.1) is 10.8 Å². The SMILES string of the molecule is CCC(C)(C)C(=O)Oc1ccc(O)c2cccc(O)c12. The molecule has 0 heterocycles. The van der Waals surface area contributed by atoms with Crippen molar-refractivity contribution in [2.24, 2.45) is 5.41 Å². The Hall–Kier alpha value is -2.23. The quantitative estimate of drug-likeness (QED) is 0.663. The van der Waals surface area contributed by atoms with E-state index in [0.717, 1.165) is 0 Å². The number of phenolic OH excluding ortho intramolecular Hbond substituents is 2. The molecular weight excluding hydrogens is 256 g/mol. The second-order valence-electron chi connectivity index (χ2n) is 5.41. The molecule has 20 heavy (non-hydrogen) atoms. The normalized spacial score (nSPS) is 11.6. The minimum absolute atomic E-state index is 0.0319. The minimum Gasteiger partial charge on any atom is -0.507 e. The molecule has 0 aromatic heterocycles. The van der Waals surface area contributed by atoms with Crippen molar-refractivity contribution in [2.45, 2.75) is 27.2 Å². The summed E-state index contributed by atoms with van der Waals surface area (Å²) < 4.78 is 5.41. The number of carbonyl (C=O) groups excluding carboxylic acids is 1. The Balaban J connectivity index is 2.51. The van der Waals surface area contributed by atoms with Crippen molar-refractivity contribution in [3.8, 4) is 17.2 Å². The van der Waals surface area contributed by atoms with Gasteiger partial charge in [-0.3, -0.25) is 4.79 Å². The van der Waals surface area contributed by atoms with Gasteiger partial charge in [-0.05, 0) is 38.5 Å². The molecule has 2 rings (SSSR count). The summed E-state index contributed by atoms with van der Waals surface area (Å²) in [7, 11) is 0. The van der Waals surface area contributed by atoms with E-state index in [1.165, 1.54) is 18.2 Å². The summed E-state index contributed by atoms with van der Waals surface area (Å²) in [5.74, 6) is -0.112. The van der Waals surface area contributed by atoms with Gasteiger partial charge in [0.2, 0.25) is 0 Å². The average Bonchev–Trinajstić information content (AvgIpc) is 2.42. The highest BCUT2D eigenvalue weighted by atomic mass is 16.5. The number of benzene rings is 2. The maximum absolute atomic E-state index is 12.1. The van der Waals surface area contributed by atoms with E-state index in [2.05, 4.69) is 0 Å². The van der Waals surface area contributed by atoms with Crippen LogP contribution in [0.15, 0.2) is 30.3 Å². The predicted molar refractivity (Wildman–Crippen MR) is 77.0 cm³/mol. The molecule has 0 spiro atoms. The lowest BCUT2D eigenvalue weighted by Gasteiger charge is -2.21. The minimum atomic E-state index is -0.603. The molecule has 0 fully saturated rings. The number of phenols is 2. The number of hydrogen-bond acceptors (Lipinski definition) is 4. The number of ether oxygens (including phenoxy) is 1. The highest BCUT2D eigenvalue weighted by molar-refractivity contribution is 5.98. The Bertz CT molecular complexity index is 659. The van der Waals surface area contributed by atoms with Gasteiger partial charge in [0.15, 0.2) is 0 Å². The first-order valence-electron chi connectivity index (χ1n) is 6.52. The number of fused-ring (bicyclic) bond motifs is 1. The predicted octanol–water partition coefficient (Wildman–Crippen LogP) is 3.59. The van der Waals surface area contributed by atoms with E-state index in [4.69, 9.17) is 4.74 Å². The number of esters is 1. The third kappa shape index (κ3) is 2.41. The molecule has 0 saturated heterocycles. The van der Waals surface area contributed by atoms with E-state index >= 15 is 0 Å². The van der Waals surface area contributed by atoms with Crippen LogP contribution in [0.1, 0.15) is 27.2 Å². The first kappa shape index (κ1) is 14.2. The first-order chi connectivity index (χ1) is 9.36. The van der Waals surface area contributed by atoms with Crippen molar-refractivity contribution in [2.75, 3.05) is 0 Å². The zero-order valence-corrected chi connectivity index (χ0v) is 11.8. The van der Waals surface area contributed by atoms with Gasteiger partial charge in [-0.1, -0.05) is 19.1 Å². The van der Waals surface area contributed by atoms with Gasteiger partial charge in [0, 0.05) is 5.39 Å². The highest BCUT2D eigenvalue weighted by Gasteiger charge is 2.28. The molecule has 2 aromatic carbocycles. The van der Waals surface area contributed by atoms with E-state index < -0.39 is 5.41 Å². The third-order valence-electron chi connectivity index (χ3n) is 3.60. The fraction of sp³-hybridized carbons (Fsp3) is 0.312. The molecular formula is C16H18O4. The van der Waals surface area contributed by atoms with Gasteiger partial charge in [-0.15, -0.1) is 0 Å². The van der Waals surface area contributed by atoms with Crippen LogP contribution >= 0.6 is 0 Å². The molecule has 4 nitrogen and oxygen atoms in total. The molecule has 0 bridgehead atoms. The van der Waals surface area contributed by atoms with Crippen LogP contribution in [0.25, 0.3) is 10.8 Å². The maximum Gasteiger partial charge on any atom is 0.316 e. The second-order valence-corrected chi connectivity index (χ2v) is 5.41. The molecule has 106 valence electrons. The maximum atomic E-state index is 12.1. The summed E-state index contributed by atoms with van der Waals surface area (Å²) >= 11 is 0. The Morgan fingerprint density at radius 3 is 2.50 bits per heavy atom. The van der Waals surface area contributed by atoms with Crippen LogP contribution in [0.2, 0.25) is 0 Å². The number of carbonyl (C=O) groups is 1. The van der Waals surface area contributed by atoms with Crippen molar-refractivity contribution < 1.29 is 19.7 Å². The molecule has 0 aliphatic heterocycles. The Labute approximate surface area is 117 Å². The Kier molecular flexibility index (Phi) is 3.57. The monoisotopic (exact) mass is 274 g/mol. The summed E-state index contributed by atoms with van der Waals surface area (Å²) in [6, 6.07) is 7.71. The zero-order chi connectivity index (χ0) is 14.9. The third-order valence-corrected chi connectivity index (χ3v) is 3.60. The van der Waals surface area contributed by atoms with Crippen LogP contribution in [0.3, 0.4) is 0 Å². The van der Waals surface area contributed by atoms with Crippen molar-refractivity contribution >= 4 is 16.7 Å². The largest absolute Gasteiger partial charge is 0.507 e. The van der Waals surface area contributed by atoms with E-state index in [-0.39, 0.29) is 23.2 Å². The molecule has 0 amide bonds. The van der Waals surface area contributed by atoms with Gasteiger partial charge < -0.3 is 14.9 Å². The molecule has 0 aliphatic carbocycles.